The minimum absolute atomic E-state index is 0.173. The van der Waals surface area contributed by atoms with E-state index in [1.807, 2.05) is 6.92 Å². The third kappa shape index (κ3) is 3.20. The van der Waals surface area contributed by atoms with Gasteiger partial charge in [0, 0.05) is 10.6 Å². The minimum atomic E-state index is -0.211. The highest BCUT2D eigenvalue weighted by Gasteiger charge is 2.17. The summed E-state index contributed by atoms with van der Waals surface area (Å²) in [7, 11) is 0. The Balaban J connectivity index is 1.92. The van der Waals surface area contributed by atoms with Crippen molar-refractivity contribution in [3.63, 3.8) is 0 Å². The molecule has 17 heavy (non-hydrogen) atoms. The Morgan fingerprint density at radius 3 is 2.76 bits per heavy atom. The molecule has 1 saturated carbocycles. The third-order valence-electron chi connectivity index (χ3n) is 3.04. The first-order valence-corrected chi connectivity index (χ1v) is 6.27. The fourth-order valence-corrected chi connectivity index (χ4v) is 2.11. The van der Waals surface area contributed by atoms with Gasteiger partial charge in [-0.3, -0.25) is 9.63 Å². The average molecular weight is 254 g/mol. The number of carbonyl (C=O) groups is 1. The molecule has 1 aliphatic carbocycles. The molecule has 1 N–H and O–H groups in total. The molecule has 1 aromatic rings. The molecule has 0 spiro atoms. The van der Waals surface area contributed by atoms with Crippen LogP contribution in [-0.4, -0.2) is 12.0 Å². The van der Waals surface area contributed by atoms with E-state index in [-0.39, 0.29) is 12.0 Å². The summed E-state index contributed by atoms with van der Waals surface area (Å²) in [6, 6.07) is 5.18. The van der Waals surface area contributed by atoms with Gasteiger partial charge >= 0.3 is 0 Å². The number of hydrogen-bond acceptors (Lipinski definition) is 2. The van der Waals surface area contributed by atoms with Gasteiger partial charge in [-0.1, -0.05) is 24.4 Å². The van der Waals surface area contributed by atoms with Crippen molar-refractivity contribution in [2.75, 3.05) is 0 Å². The smallest absolute Gasteiger partial charge is 0.270 e. The van der Waals surface area contributed by atoms with Crippen molar-refractivity contribution in [1.82, 2.24) is 5.48 Å². The van der Waals surface area contributed by atoms with Crippen LogP contribution in [0.4, 0.5) is 0 Å². The highest BCUT2D eigenvalue weighted by molar-refractivity contribution is 6.31. The topological polar surface area (TPSA) is 38.3 Å². The quantitative estimate of drug-likeness (QED) is 0.840. The van der Waals surface area contributed by atoms with Gasteiger partial charge < -0.3 is 0 Å². The summed E-state index contributed by atoms with van der Waals surface area (Å²) in [6.45, 7) is 1.87. The van der Waals surface area contributed by atoms with Crippen molar-refractivity contribution in [1.29, 1.82) is 0 Å². The molecule has 0 atom stereocenters. The number of rotatable bonds is 3. The van der Waals surface area contributed by atoms with Crippen molar-refractivity contribution in [3.05, 3.63) is 34.3 Å². The maximum Gasteiger partial charge on any atom is 0.274 e. The predicted molar refractivity (Wildman–Crippen MR) is 67.0 cm³/mol. The molecule has 0 aromatic heterocycles. The lowest BCUT2D eigenvalue weighted by atomic mass is 10.1. The standard InChI is InChI=1S/C13H16ClNO2/c1-9-8-10(6-7-12(9)14)13(16)15-17-11-4-2-3-5-11/h6-8,11H,2-5H2,1H3,(H,15,16). The number of amides is 1. The molecular weight excluding hydrogens is 238 g/mol. The monoisotopic (exact) mass is 253 g/mol. The van der Waals surface area contributed by atoms with Crippen LogP contribution < -0.4 is 5.48 Å². The molecule has 0 aliphatic heterocycles. The Morgan fingerprint density at radius 2 is 2.12 bits per heavy atom. The lowest BCUT2D eigenvalue weighted by Crippen LogP contribution is -2.28. The fourth-order valence-electron chi connectivity index (χ4n) is 1.99. The first-order valence-electron chi connectivity index (χ1n) is 5.89. The van der Waals surface area contributed by atoms with Crippen LogP contribution in [0.15, 0.2) is 18.2 Å². The Kier molecular flexibility index (Phi) is 4.02. The molecule has 4 heteroatoms. The van der Waals surface area contributed by atoms with E-state index < -0.39 is 0 Å². The number of halogens is 1. The van der Waals surface area contributed by atoms with Crippen molar-refractivity contribution >= 4 is 17.5 Å². The number of carbonyl (C=O) groups excluding carboxylic acids is 1. The van der Waals surface area contributed by atoms with Crippen LogP contribution in [0.5, 0.6) is 0 Å². The molecule has 0 bridgehead atoms. The molecule has 0 saturated heterocycles. The van der Waals surface area contributed by atoms with Crippen LogP contribution in [0.2, 0.25) is 5.02 Å². The first kappa shape index (κ1) is 12.4. The highest BCUT2D eigenvalue weighted by atomic mass is 35.5. The Bertz CT molecular complexity index is 414. The van der Waals surface area contributed by atoms with Crippen molar-refractivity contribution in [2.45, 2.75) is 38.7 Å². The summed E-state index contributed by atoms with van der Waals surface area (Å²) in [6.07, 6.45) is 4.59. The van der Waals surface area contributed by atoms with E-state index in [1.54, 1.807) is 18.2 Å². The van der Waals surface area contributed by atoms with Gasteiger partial charge in [0.15, 0.2) is 0 Å². The van der Waals surface area contributed by atoms with E-state index in [2.05, 4.69) is 5.48 Å². The normalized spacial score (nSPS) is 16.1. The summed E-state index contributed by atoms with van der Waals surface area (Å²) >= 11 is 5.90. The van der Waals surface area contributed by atoms with E-state index in [4.69, 9.17) is 16.4 Å². The van der Waals surface area contributed by atoms with E-state index >= 15 is 0 Å². The Morgan fingerprint density at radius 1 is 1.41 bits per heavy atom. The number of hydrogen-bond donors (Lipinski definition) is 1. The molecule has 1 aromatic carbocycles. The summed E-state index contributed by atoms with van der Waals surface area (Å²) in [4.78, 5) is 17.1. The molecule has 92 valence electrons. The minimum Gasteiger partial charge on any atom is -0.270 e. The van der Waals surface area contributed by atoms with E-state index in [9.17, 15) is 4.79 Å². The molecule has 2 rings (SSSR count). The number of benzene rings is 1. The zero-order valence-electron chi connectivity index (χ0n) is 9.83. The lowest BCUT2D eigenvalue weighted by Gasteiger charge is -2.11. The first-order chi connectivity index (χ1) is 8.16. The van der Waals surface area contributed by atoms with Crippen molar-refractivity contribution < 1.29 is 9.63 Å². The van der Waals surface area contributed by atoms with Gasteiger partial charge in [-0.05, 0) is 43.5 Å². The Labute approximate surface area is 106 Å². The van der Waals surface area contributed by atoms with Crippen molar-refractivity contribution in [3.8, 4) is 0 Å². The predicted octanol–water partition coefficient (Wildman–Crippen LogP) is 3.25. The molecule has 0 radical (unpaired) electrons. The second-order valence-corrected chi connectivity index (χ2v) is 4.83. The number of aryl methyl sites for hydroxylation is 1. The van der Waals surface area contributed by atoms with Gasteiger partial charge in [0.1, 0.15) is 0 Å². The SMILES string of the molecule is Cc1cc(C(=O)NOC2CCCC2)ccc1Cl. The van der Waals surface area contributed by atoms with Crippen molar-refractivity contribution in [2.24, 2.45) is 0 Å². The number of hydroxylamine groups is 1. The van der Waals surface area contributed by atoms with Crippen LogP contribution in [0, 0.1) is 6.92 Å². The van der Waals surface area contributed by atoms with Crippen LogP contribution >= 0.6 is 11.6 Å². The van der Waals surface area contributed by atoms with Crippen LogP contribution in [0.3, 0.4) is 0 Å². The second kappa shape index (κ2) is 5.52. The van der Waals surface area contributed by atoms with Gasteiger partial charge in [-0.2, -0.15) is 0 Å². The zero-order chi connectivity index (χ0) is 12.3. The second-order valence-electron chi connectivity index (χ2n) is 4.42. The molecule has 0 heterocycles. The summed E-state index contributed by atoms with van der Waals surface area (Å²) in [5.74, 6) is -0.211. The zero-order valence-corrected chi connectivity index (χ0v) is 10.6. The van der Waals surface area contributed by atoms with E-state index in [1.165, 1.54) is 12.8 Å². The molecule has 1 aliphatic rings. The largest absolute Gasteiger partial charge is 0.274 e. The molecule has 3 nitrogen and oxygen atoms in total. The van der Waals surface area contributed by atoms with E-state index in [0.29, 0.717) is 10.6 Å². The maximum atomic E-state index is 11.8. The van der Waals surface area contributed by atoms with Gasteiger partial charge in [0.05, 0.1) is 6.10 Å². The number of nitrogens with one attached hydrogen (secondary N) is 1. The van der Waals surface area contributed by atoms with Gasteiger partial charge in [0.25, 0.3) is 5.91 Å². The summed E-state index contributed by atoms with van der Waals surface area (Å²) < 4.78 is 0. The fraction of sp³-hybridized carbons (Fsp3) is 0.462. The van der Waals surface area contributed by atoms with Crippen LogP contribution in [0.1, 0.15) is 41.6 Å². The summed E-state index contributed by atoms with van der Waals surface area (Å²) in [5.41, 5.74) is 3.97. The van der Waals surface area contributed by atoms with Crippen LogP contribution in [-0.2, 0) is 4.84 Å². The van der Waals surface area contributed by atoms with Gasteiger partial charge in [-0.15, -0.1) is 0 Å². The van der Waals surface area contributed by atoms with Crippen LogP contribution in [0.25, 0.3) is 0 Å². The molecule has 0 unspecified atom stereocenters. The average Bonchev–Trinajstić information content (AvgIpc) is 2.82. The van der Waals surface area contributed by atoms with Gasteiger partial charge in [0.2, 0.25) is 0 Å². The molecular formula is C13H16ClNO2. The molecule has 1 fully saturated rings. The summed E-state index contributed by atoms with van der Waals surface area (Å²) in [5, 5.41) is 0.665. The lowest BCUT2D eigenvalue weighted by molar-refractivity contribution is -0.0124. The highest BCUT2D eigenvalue weighted by Crippen LogP contribution is 2.20. The maximum absolute atomic E-state index is 11.8. The Hall–Kier alpha value is -1.06. The van der Waals surface area contributed by atoms with Gasteiger partial charge in [-0.25, -0.2) is 5.48 Å². The molecule has 1 amide bonds. The third-order valence-corrected chi connectivity index (χ3v) is 3.46. The van der Waals surface area contributed by atoms with E-state index in [0.717, 1.165) is 18.4 Å².